The van der Waals surface area contributed by atoms with Crippen molar-refractivity contribution in [3.8, 4) is 0 Å². The van der Waals surface area contributed by atoms with Crippen molar-refractivity contribution in [2.24, 2.45) is 7.05 Å². The van der Waals surface area contributed by atoms with Crippen molar-refractivity contribution in [3.63, 3.8) is 0 Å². The number of nitrogens with zero attached hydrogens (tertiary/aromatic N) is 1. The summed E-state index contributed by atoms with van der Waals surface area (Å²) in [4.78, 5) is 12.4. The predicted octanol–water partition coefficient (Wildman–Crippen LogP) is 2.87. The van der Waals surface area contributed by atoms with Gasteiger partial charge in [0.2, 0.25) is 0 Å². The maximum Gasteiger partial charge on any atom is 0.251 e. The highest BCUT2D eigenvalue weighted by molar-refractivity contribution is 5.98. The van der Waals surface area contributed by atoms with Gasteiger partial charge in [-0.15, -0.1) is 0 Å². The summed E-state index contributed by atoms with van der Waals surface area (Å²) in [6.07, 6.45) is 3.74. The van der Waals surface area contributed by atoms with E-state index in [0.717, 1.165) is 29.3 Å². The second-order valence-corrected chi connectivity index (χ2v) is 6.47. The van der Waals surface area contributed by atoms with Crippen molar-refractivity contribution in [3.05, 3.63) is 36.0 Å². The summed E-state index contributed by atoms with van der Waals surface area (Å²) >= 11 is 0. The lowest BCUT2D eigenvalue weighted by Gasteiger charge is -2.35. The Hall–Kier alpha value is -1.81. The molecule has 0 spiro atoms. The first kappa shape index (κ1) is 14.1. The van der Waals surface area contributed by atoms with Gasteiger partial charge in [0.05, 0.1) is 5.60 Å². The van der Waals surface area contributed by atoms with E-state index in [0.29, 0.717) is 6.61 Å². The number of aryl methyl sites for hydroxylation is 1. The Kier molecular flexibility index (Phi) is 3.49. The molecule has 1 aliphatic rings. The molecule has 3 rings (SSSR count). The quantitative estimate of drug-likeness (QED) is 0.922. The zero-order chi connectivity index (χ0) is 15.0. The fourth-order valence-electron chi connectivity index (χ4n) is 3.05. The van der Waals surface area contributed by atoms with Crippen molar-refractivity contribution in [1.29, 1.82) is 0 Å². The number of rotatable bonds is 2. The second-order valence-electron chi connectivity index (χ2n) is 6.47. The standard InChI is InChI=1S/C17H22N2O2/c1-17(2)11-14(7-9-21-17)18-16(20)13-4-5-15-12(10-13)6-8-19(15)3/h4-6,8,10,14H,7,9,11H2,1-3H3,(H,18,20)/t14-/m0/s1. The number of carbonyl (C=O) groups excluding carboxylic acids is 1. The summed E-state index contributed by atoms with van der Waals surface area (Å²) in [5.41, 5.74) is 1.70. The first-order valence-electron chi connectivity index (χ1n) is 7.44. The van der Waals surface area contributed by atoms with Crippen LogP contribution in [0.5, 0.6) is 0 Å². The number of benzene rings is 1. The van der Waals surface area contributed by atoms with Crippen LogP contribution >= 0.6 is 0 Å². The topological polar surface area (TPSA) is 43.3 Å². The molecule has 4 nitrogen and oxygen atoms in total. The lowest BCUT2D eigenvalue weighted by molar-refractivity contribution is -0.0615. The third-order valence-electron chi connectivity index (χ3n) is 4.18. The van der Waals surface area contributed by atoms with Gasteiger partial charge in [-0.1, -0.05) is 0 Å². The fourth-order valence-corrected chi connectivity index (χ4v) is 3.05. The van der Waals surface area contributed by atoms with Gasteiger partial charge in [-0.25, -0.2) is 0 Å². The Morgan fingerprint density at radius 3 is 2.95 bits per heavy atom. The van der Waals surface area contributed by atoms with E-state index in [-0.39, 0.29) is 17.6 Å². The van der Waals surface area contributed by atoms with Crippen LogP contribution in [-0.2, 0) is 11.8 Å². The van der Waals surface area contributed by atoms with Crippen LogP contribution in [0.2, 0.25) is 0 Å². The van der Waals surface area contributed by atoms with Gasteiger partial charge in [-0.3, -0.25) is 4.79 Å². The number of nitrogens with one attached hydrogen (secondary N) is 1. The molecule has 21 heavy (non-hydrogen) atoms. The first-order valence-corrected chi connectivity index (χ1v) is 7.44. The van der Waals surface area contributed by atoms with Gasteiger partial charge < -0.3 is 14.6 Å². The van der Waals surface area contributed by atoms with E-state index in [9.17, 15) is 4.79 Å². The molecule has 1 aromatic heterocycles. The number of hydrogen-bond acceptors (Lipinski definition) is 2. The molecule has 1 N–H and O–H groups in total. The minimum Gasteiger partial charge on any atom is -0.375 e. The van der Waals surface area contributed by atoms with Gasteiger partial charge in [-0.2, -0.15) is 0 Å². The van der Waals surface area contributed by atoms with Gasteiger partial charge in [0, 0.05) is 42.4 Å². The lowest BCUT2D eigenvalue weighted by Crippen LogP contribution is -2.45. The van der Waals surface area contributed by atoms with E-state index in [1.807, 2.05) is 37.5 Å². The summed E-state index contributed by atoms with van der Waals surface area (Å²) in [6, 6.07) is 8.06. The van der Waals surface area contributed by atoms with Crippen LogP contribution < -0.4 is 5.32 Å². The SMILES string of the molecule is Cn1ccc2cc(C(=O)N[C@H]3CCOC(C)(C)C3)ccc21. The van der Waals surface area contributed by atoms with Gasteiger partial charge in [0.15, 0.2) is 0 Å². The smallest absolute Gasteiger partial charge is 0.251 e. The number of ether oxygens (including phenoxy) is 1. The first-order chi connectivity index (χ1) is 9.94. The summed E-state index contributed by atoms with van der Waals surface area (Å²) in [5, 5.41) is 4.23. The highest BCUT2D eigenvalue weighted by Crippen LogP contribution is 2.24. The predicted molar refractivity (Wildman–Crippen MR) is 83.4 cm³/mol. The summed E-state index contributed by atoms with van der Waals surface area (Å²) in [6.45, 7) is 4.85. The van der Waals surface area contributed by atoms with Crippen LogP contribution in [0.1, 0.15) is 37.0 Å². The van der Waals surface area contributed by atoms with Crippen molar-refractivity contribution < 1.29 is 9.53 Å². The van der Waals surface area contributed by atoms with E-state index in [1.165, 1.54) is 0 Å². The number of hydrogen-bond donors (Lipinski definition) is 1. The third kappa shape index (κ3) is 2.95. The van der Waals surface area contributed by atoms with Gasteiger partial charge in [0.1, 0.15) is 0 Å². The summed E-state index contributed by atoms with van der Waals surface area (Å²) < 4.78 is 7.74. The maximum absolute atomic E-state index is 12.4. The number of fused-ring (bicyclic) bond motifs is 1. The van der Waals surface area contributed by atoms with E-state index >= 15 is 0 Å². The normalized spacial score (nSPS) is 21.4. The molecule has 2 heterocycles. The fraction of sp³-hybridized carbons (Fsp3) is 0.471. The van der Waals surface area contributed by atoms with Crippen LogP contribution in [0, 0.1) is 0 Å². The highest BCUT2D eigenvalue weighted by atomic mass is 16.5. The summed E-state index contributed by atoms with van der Waals surface area (Å²) in [5.74, 6) is 0.00320. The molecule has 0 unspecified atom stereocenters. The van der Waals surface area contributed by atoms with Crippen LogP contribution in [0.3, 0.4) is 0 Å². The highest BCUT2D eigenvalue weighted by Gasteiger charge is 2.29. The van der Waals surface area contributed by atoms with E-state index in [1.54, 1.807) is 0 Å². The molecular weight excluding hydrogens is 264 g/mol. The molecule has 2 aromatic rings. The molecule has 1 aromatic carbocycles. The maximum atomic E-state index is 12.4. The molecule has 1 amide bonds. The largest absolute Gasteiger partial charge is 0.375 e. The lowest BCUT2D eigenvalue weighted by atomic mass is 9.93. The molecule has 0 bridgehead atoms. The Labute approximate surface area is 125 Å². The Balaban J connectivity index is 1.74. The molecule has 0 aliphatic carbocycles. The Bertz CT molecular complexity index is 672. The van der Waals surface area contributed by atoms with Crippen molar-refractivity contribution >= 4 is 16.8 Å². The Morgan fingerprint density at radius 1 is 1.38 bits per heavy atom. The molecular formula is C17H22N2O2. The van der Waals surface area contributed by atoms with E-state index in [2.05, 4.69) is 23.7 Å². The molecule has 1 atom stereocenters. The van der Waals surface area contributed by atoms with Crippen molar-refractivity contribution in [2.45, 2.75) is 38.3 Å². The van der Waals surface area contributed by atoms with Crippen molar-refractivity contribution in [1.82, 2.24) is 9.88 Å². The third-order valence-corrected chi connectivity index (χ3v) is 4.18. The minimum absolute atomic E-state index is 0.00320. The van der Waals surface area contributed by atoms with Crippen LogP contribution in [0.4, 0.5) is 0 Å². The van der Waals surface area contributed by atoms with Gasteiger partial charge in [0.25, 0.3) is 5.91 Å². The molecule has 4 heteroatoms. The van der Waals surface area contributed by atoms with Gasteiger partial charge >= 0.3 is 0 Å². The Morgan fingerprint density at radius 2 is 2.19 bits per heavy atom. The minimum atomic E-state index is -0.153. The molecule has 1 fully saturated rings. The van der Waals surface area contributed by atoms with E-state index in [4.69, 9.17) is 4.74 Å². The number of amides is 1. The zero-order valence-electron chi connectivity index (χ0n) is 12.8. The number of aromatic nitrogens is 1. The zero-order valence-corrected chi connectivity index (χ0v) is 12.8. The molecule has 1 saturated heterocycles. The molecule has 0 saturated carbocycles. The monoisotopic (exact) mass is 286 g/mol. The van der Waals surface area contributed by atoms with Crippen LogP contribution in [-0.4, -0.2) is 28.7 Å². The van der Waals surface area contributed by atoms with Crippen molar-refractivity contribution in [2.75, 3.05) is 6.61 Å². The summed E-state index contributed by atoms with van der Waals surface area (Å²) in [7, 11) is 2.01. The molecule has 0 radical (unpaired) electrons. The van der Waals surface area contributed by atoms with Crippen LogP contribution in [0.25, 0.3) is 10.9 Å². The average molecular weight is 286 g/mol. The van der Waals surface area contributed by atoms with Gasteiger partial charge in [-0.05, 0) is 51.0 Å². The van der Waals surface area contributed by atoms with E-state index < -0.39 is 0 Å². The molecule has 1 aliphatic heterocycles. The average Bonchev–Trinajstić information content (AvgIpc) is 2.79. The molecule has 112 valence electrons. The van der Waals surface area contributed by atoms with Crippen LogP contribution in [0.15, 0.2) is 30.5 Å². The second kappa shape index (κ2) is 5.19. The number of carbonyl (C=O) groups is 1.